The summed E-state index contributed by atoms with van der Waals surface area (Å²) in [5.74, 6) is 1.50. The van der Waals surface area contributed by atoms with Gasteiger partial charge in [0.15, 0.2) is 0 Å². The molecule has 4 nitrogen and oxygen atoms in total. The van der Waals surface area contributed by atoms with Gasteiger partial charge in [-0.1, -0.05) is 46.3 Å². The van der Waals surface area contributed by atoms with Crippen molar-refractivity contribution >= 4 is 15.9 Å². The first-order valence-electron chi connectivity index (χ1n) is 9.34. The largest absolute Gasteiger partial charge is 0.489 e. The molecule has 1 fully saturated rings. The average molecular weight is 427 g/mol. The standard InChI is InChI=1S/C22H23BrN2O2/c23-21-10-19(11-22(12-21)27-16-18-4-2-1-3-5-18)20-13-24-25(15-20)14-17-6-8-26-9-7-17/h1-5,10-13,15,17H,6-9,14,16H2. The van der Waals surface area contributed by atoms with Crippen LogP contribution in [0.4, 0.5) is 0 Å². The Kier molecular flexibility index (Phi) is 5.90. The summed E-state index contributed by atoms with van der Waals surface area (Å²) in [5, 5.41) is 4.56. The van der Waals surface area contributed by atoms with Gasteiger partial charge in [-0.2, -0.15) is 5.10 Å². The summed E-state index contributed by atoms with van der Waals surface area (Å²) in [6.07, 6.45) is 6.29. The molecular weight excluding hydrogens is 404 g/mol. The third kappa shape index (κ3) is 4.99. The molecule has 0 amide bonds. The van der Waals surface area contributed by atoms with Crippen LogP contribution < -0.4 is 4.74 Å². The van der Waals surface area contributed by atoms with E-state index in [1.54, 1.807) is 0 Å². The Morgan fingerprint density at radius 2 is 1.89 bits per heavy atom. The van der Waals surface area contributed by atoms with Crippen LogP contribution in [-0.4, -0.2) is 23.0 Å². The Morgan fingerprint density at radius 1 is 1.07 bits per heavy atom. The fourth-order valence-corrected chi connectivity index (χ4v) is 3.83. The minimum atomic E-state index is 0.555. The van der Waals surface area contributed by atoms with Crippen molar-refractivity contribution in [2.24, 2.45) is 5.92 Å². The number of halogens is 1. The van der Waals surface area contributed by atoms with Crippen molar-refractivity contribution in [1.82, 2.24) is 9.78 Å². The Morgan fingerprint density at radius 3 is 2.70 bits per heavy atom. The maximum atomic E-state index is 5.99. The second kappa shape index (κ2) is 8.72. The molecular formula is C22H23BrN2O2. The van der Waals surface area contributed by atoms with E-state index in [0.29, 0.717) is 12.5 Å². The van der Waals surface area contributed by atoms with E-state index in [2.05, 4.69) is 56.2 Å². The Balaban J connectivity index is 1.46. The zero-order chi connectivity index (χ0) is 18.5. The lowest BCUT2D eigenvalue weighted by Gasteiger charge is -2.21. The van der Waals surface area contributed by atoms with E-state index in [0.717, 1.165) is 59.5 Å². The van der Waals surface area contributed by atoms with Gasteiger partial charge >= 0.3 is 0 Å². The number of hydrogen-bond donors (Lipinski definition) is 0. The first-order valence-corrected chi connectivity index (χ1v) is 10.1. The molecule has 0 saturated carbocycles. The average Bonchev–Trinajstić information content (AvgIpc) is 3.16. The molecule has 0 bridgehead atoms. The quantitative estimate of drug-likeness (QED) is 0.535. The van der Waals surface area contributed by atoms with Gasteiger partial charge < -0.3 is 9.47 Å². The minimum Gasteiger partial charge on any atom is -0.489 e. The SMILES string of the molecule is Brc1cc(OCc2ccccc2)cc(-c2cnn(CC3CCOCC3)c2)c1. The van der Waals surface area contributed by atoms with Crippen LogP contribution in [-0.2, 0) is 17.9 Å². The molecule has 0 radical (unpaired) electrons. The van der Waals surface area contributed by atoms with E-state index in [9.17, 15) is 0 Å². The minimum absolute atomic E-state index is 0.555. The molecule has 5 heteroatoms. The second-order valence-corrected chi connectivity index (χ2v) is 7.87. The predicted octanol–water partition coefficient (Wildman–Crippen LogP) is 5.32. The number of ether oxygens (including phenoxy) is 2. The van der Waals surface area contributed by atoms with Gasteiger partial charge in [0, 0.05) is 36.0 Å². The van der Waals surface area contributed by atoms with E-state index in [-0.39, 0.29) is 0 Å². The van der Waals surface area contributed by atoms with E-state index in [1.165, 1.54) is 0 Å². The van der Waals surface area contributed by atoms with Crippen LogP contribution in [0.25, 0.3) is 11.1 Å². The van der Waals surface area contributed by atoms with Crippen LogP contribution in [0.5, 0.6) is 5.75 Å². The molecule has 1 saturated heterocycles. The molecule has 1 aliphatic rings. The highest BCUT2D eigenvalue weighted by molar-refractivity contribution is 9.10. The van der Waals surface area contributed by atoms with Crippen molar-refractivity contribution < 1.29 is 9.47 Å². The van der Waals surface area contributed by atoms with Gasteiger partial charge in [-0.25, -0.2) is 0 Å². The summed E-state index contributed by atoms with van der Waals surface area (Å²) in [7, 11) is 0. The number of nitrogens with zero attached hydrogens (tertiary/aromatic N) is 2. The fraction of sp³-hybridized carbons (Fsp3) is 0.318. The molecule has 2 heterocycles. The molecule has 0 unspecified atom stereocenters. The van der Waals surface area contributed by atoms with Crippen molar-refractivity contribution in [3.8, 4) is 16.9 Å². The van der Waals surface area contributed by atoms with Crippen LogP contribution in [0.1, 0.15) is 18.4 Å². The van der Waals surface area contributed by atoms with E-state index >= 15 is 0 Å². The molecule has 4 rings (SSSR count). The number of hydrogen-bond acceptors (Lipinski definition) is 3. The molecule has 140 valence electrons. The van der Waals surface area contributed by atoms with E-state index in [1.807, 2.05) is 30.5 Å². The summed E-state index contributed by atoms with van der Waals surface area (Å²) in [6.45, 7) is 3.24. The smallest absolute Gasteiger partial charge is 0.121 e. The molecule has 0 aliphatic carbocycles. The van der Waals surface area contributed by atoms with E-state index in [4.69, 9.17) is 9.47 Å². The van der Waals surface area contributed by atoms with Crippen molar-refractivity contribution in [3.05, 3.63) is 71.0 Å². The zero-order valence-electron chi connectivity index (χ0n) is 15.2. The monoisotopic (exact) mass is 426 g/mol. The number of benzene rings is 2. The van der Waals surface area contributed by atoms with Crippen molar-refractivity contribution in [2.45, 2.75) is 26.0 Å². The topological polar surface area (TPSA) is 36.3 Å². The number of rotatable bonds is 6. The lowest BCUT2D eigenvalue weighted by molar-refractivity contribution is 0.0601. The highest BCUT2D eigenvalue weighted by atomic mass is 79.9. The molecule has 2 aromatic carbocycles. The lowest BCUT2D eigenvalue weighted by Crippen LogP contribution is -2.20. The lowest BCUT2D eigenvalue weighted by atomic mass is 10.0. The summed E-state index contributed by atoms with van der Waals surface area (Å²) in [6, 6.07) is 16.4. The van der Waals surface area contributed by atoms with Gasteiger partial charge in [-0.3, -0.25) is 4.68 Å². The van der Waals surface area contributed by atoms with Gasteiger partial charge in [-0.15, -0.1) is 0 Å². The van der Waals surface area contributed by atoms with Gasteiger partial charge in [-0.05, 0) is 48.1 Å². The molecule has 27 heavy (non-hydrogen) atoms. The first-order chi connectivity index (χ1) is 13.3. The highest BCUT2D eigenvalue weighted by Gasteiger charge is 2.15. The summed E-state index contributed by atoms with van der Waals surface area (Å²) >= 11 is 3.60. The van der Waals surface area contributed by atoms with Crippen molar-refractivity contribution in [2.75, 3.05) is 13.2 Å². The van der Waals surface area contributed by atoms with Crippen molar-refractivity contribution in [3.63, 3.8) is 0 Å². The number of aromatic nitrogens is 2. The molecule has 1 aliphatic heterocycles. The van der Waals surface area contributed by atoms with Gasteiger partial charge in [0.05, 0.1) is 6.20 Å². The summed E-state index contributed by atoms with van der Waals surface area (Å²) in [5.41, 5.74) is 3.36. The van der Waals surface area contributed by atoms with Gasteiger partial charge in [0.2, 0.25) is 0 Å². The molecule has 3 aromatic rings. The Bertz CT molecular complexity index is 873. The Labute approximate surface area is 168 Å². The highest BCUT2D eigenvalue weighted by Crippen LogP contribution is 2.29. The Hall–Kier alpha value is -2.11. The van der Waals surface area contributed by atoms with Crippen LogP contribution >= 0.6 is 15.9 Å². The zero-order valence-corrected chi connectivity index (χ0v) is 16.8. The molecule has 1 aromatic heterocycles. The molecule has 0 atom stereocenters. The maximum Gasteiger partial charge on any atom is 0.121 e. The normalized spacial score (nSPS) is 15.0. The fourth-order valence-electron chi connectivity index (χ4n) is 3.36. The third-order valence-electron chi connectivity index (χ3n) is 4.87. The summed E-state index contributed by atoms with van der Waals surface area (Å²) in [4.78, 5) is 0. The summed E-state index contributed by atoms with van der Waals surface area (Å²) < 4.78 is 14.5. The van der Waals surface area contributed by atoms with Gasteiger partial charge in [0.1, 0.15) is 12.4 Å². The van der Waals surface area contributed by atoms with Crippen LogP contribution in [0.2, 0.25) is 0 Å². The van der Waals surface area contributed by atoms with E-state index < -0.39 is 0 Å². The third-order valence-corrected chi connectivity index (χ3v) is 5.33. The second-order valence-electron chi connectivity index (χ2n) is 6.96. The maximum absolute atomic E-state index is 5.99. The van der Waals surface area contributed by atoms with Crippen molar-refractivity contribution in [1.29, 1.82) is 0 Å². The molecule has 0 spiro atoms. The van der Waals surface area contributed by atoms with Crippen LogP contribution in [0.15, 0.2) is 65.4 Å². The first kappa shape index (κ1) is 18.3. The predicted molar refractivity (Wildman–Crippen MR) is 110 cm³/mol. The molecule has 0 N–H and O–H groups in total. The van der Waals surface area contributed by atoms with Crippen LogP contribution in [0, 0.1) is 5.92 Å². The van der Waals surface area contributed by atoms with Gasteiger partial charge in [0.25, 0.3) is 0 Å². The van der Waals surface area contributed by atoms with Crippen LogP contribution in [0.3, 0.4) is 0 Å².